The number of thioether (sulfide) groups is 1. The lowest BCUT2D eigenvalue weighted by Crippen LogP contribution is -2.25. The lowest BCUT2D eigenvalue weighted by Gasteiger charge is -2.10. The van der Waals surface area contributed by atoms with E-state index in [4.69, 9.17) is 5.11 Å². The number of carbonyl (C=O) groups excluding carboxylic acids is 1. The topological polar surface area (TPSA) is 63.6 Å². The van der Waals surface area contributed by atoms with Crippen LogP contribution in [0, 0.1) is 5.92 Å². The minimum Gasteiger partial charge on any atom is -0.481 e. The maximum absolute atomic E-state index is 11.7. The molecule has 0 fully saturated rings. The van der Waals surface area contributed by atoms with Gasteiger partial charge in [-0.05, 0) is 6.42 Å². The third kappa shape index (κ3) is 6.21. The molecule has 15 heavy (non-hydrogen) atoms. The zero-order chi connectivity index (χ0) is 12.1. The van der Waals surface area contributed by atoms with Crippen LogP contribution in [0.1, 0.15) is 6.42 Å². The van der Waals surface area contributed by atoms with Gasteiger partial charge in [-0.1, -0.05) is 11.8 Å². The number of halogens is 3. The molecular formula is C7H9F3O4S. The Morgan fingerprint density at radius 2 is 2.00 bits per heavy atom. The number of ether oxygens (including phenoxy) is 1. The third-order valence-corrected chi connectivity index (χ3v) is 2.22. The molecule has 88 valence electrons. The fourth-order valence-electron chi connectivity index (χ4n) is 0.777. The summed E-state index contributed by atoms with van der Waals surface area (Å²) in [6.07, 6.45) is -0.411. The van der Waals surface area contributed by atoms with Gasteiger partial charge in [0.25, 0.3) is 0 Å². The zero-order valence-electron chi connectivity index (χ0n) is 7.71. The zero-order valence-corrected chi connectivity index (χ0v) is 8.52. The second kappa shape index (κ2) is 5.84. The van der Waals surface area contributed by atoms with E-state index in [-0.39, 0.29) is 11.8 Å². The molecule has 4 nitrogen and oxygen atoms in total. The van der Waals surface area contributed by atoms with Crippen LogP contribution in [0.4, 0.5) is 13.2 Å². The Morgan fingerprint density at radius 1 is 1.47 bits per heavy atom. The molecule has 0 heterocycles. The average molecular weight is 246 g/mol. The highest BCUT2D eigenvalue weighted by Crippen LogP contribution is 2.31. The highest BCUT2D eigenvalue weighted by atomic mass is 32.2. The van der Waals surface area contributed by atoms with Crippen LogP contribution in [0.5, 0.6) is 0 Å². The van der Waals surface area contributed by atoms with Gasteiger partial charge in [0.1, 0.15) is 0 Å². The van der Waals surface area contributed by atoms with Gasteiger partial charge in [-0.3, -0.25) is 9.59 Å². The molecule has 0 aliphatic rings. The molecule has 1 N–H and O–H groups in total. The van der Waals surface area contributed by atoms with Gasteiger partial charge in [0.05, 0.1) is 7.11 Å². The van der Waals surface area contributed by atoms with Crippen LogP contribution in [-0.2, 0) is 14.3 Å². The molecular weight excluding hydrogens is 237 g/mol. The molecule has 0 aliphatic heterocycles. The SMILES string of the molecule is COC(=O)C(CCSC(F)(F)F)C(=O)O. The Balaban J connectivity index is 4.09. The van der Waals surface area contributed by atoms with Crippen molar-refractivity contribution in [1.29, 1.82) is 0 Å². The van der Waals surface area contributed by atoms with Crippen LogP contribution < -0.4 is 0 Å². The minimum absolute atomic E-state index is 0.364. The smallest absolute Gasteiger partial charge is 0.441 e. The number of carboxylic acids is 1. The van der Waals surface area contributed by atoms with E-state index in [1.54, 1.807) is 0 Å². The number of carboxylic acid groups (broad SMARTS) is 1. The second-order valence-electron chi connectivity index (χ2n) is 2.50. The van der Waals surface area contributed by atoms with Crippen molar-refractivity contribution in [2.45, 2.75) is 11.9 Å². The molecule has 0 saturated heterocycles. The van der Waals surface area contributed by atoms with Crippen molar-refractivity contribution in [3.05, 3.63) is 0 Å². The number of esters is 1. The lowest BCUT2D eigenvalue weighted by atomic mass is 10.1. The summed E-state index contributed by atoms with van der Waals surface area (Å²) < 4.78 is 39.2. The summed E-state index contributed by atoms with van der Waals surface area (Å²) in [4.78, 5) is 21.3. The Kier molecular flexibility index (Phi) is 5.48. The quantitative estimate of drug-likeness (QED) is 0.588. The standard InChI is InChI=1S/C7H9F3O4S/c1-14-6(13)4(5(11)12)2-3-15-7(8,9)10/h4H,2-3H2,1H3,(H,11,12). The van der Waals surface area contributed by atoms with Crippen LogP contribution in [0.25, 0.3) is 0 Å². The van der Waals surface area contributed by atoms with Crippen molar-refractivity contribution in [2.24, 2.45) is 5.92 Å². The summed E-state index contributed by atoms with van der Waals surface area (Å²) in [6, 6.07) is 0. The molecule has 0 rings (SSSR count). The van der Waals surface area contributed by atoms with E-state index in [0.29, 0.717) is 0 Å². The summed E-state index contributed by atoms with van der Waals surface area (Å²) >= 11 is -0.364. The first kappa shape index (κ1) is 14.1. The molecule has 1 unspecified atom stereocenters. The summed E-state index contributed by atoms with van der Waals surface area (Å²) in [5, 5.41) is 8.51. The highest BCUT2D eigenvalue weighted by molar-refractivity contribution is 8.00. The second-order valence-corrected chi connectivity index (χ2v) is 3.66. The Morgan fingerprint density at radius 3 is 2.33 bits per heavy atom. The van der Waals surface area contributed by atoms with E-state index >= 15 is 0 Å². The van der Waals surface area contributed by atoms with Gasteiger partial charge in [0.15, 0.2) is 5.92 Å². The number of hydrogen-bond donors (Lipinski definition) is 1. The van der Waals surface area contributed by atoms with E-state index < -0.39 is 35.5 Å². The predicted octanol–water partition coefficient (Wildman–Crippen LogP) is 1.50. The molecule has 0 radical (unpaired) electrons. The number of rotatable bonds is 5. The van der Waals surface area contributed by atoms with E-state index in [1.807, 2.05) is 0 Å². The van der Waals surface area contributed by atoms with Crippen molar-refractivity contribution in [3.63, 3.8) is 0 Å². The van der Waals surface area contributed by atoms with Crippen LogP contribution in [0.3, 0.4) is 0 Å². The molecule has 0 aliphatic carbocycles. The van der Waals surface area contributed by atoms with Gasteiger partial charge in [-0.25, -0.2) is 0 Å². The molecule has 0 aromatic carbocycles. The van der Waals surface area contributed by atoms with Crippen molar-refractivity contribution in [3.8, 4) is 0 Å². The summed E-state index contributed by atoms with van der Waals surface area (Å²) in [6.45, 7) is 0. The predicted molar refractivity (Wildman–Crippen MR) is 46.3 cm³/mol. The minimum atomic E-state index is -4.42. The number of alkyl halides is 3. The maximum Gasteiger partial charge on any atom is 0.441 e. The van der Waals surface area contributed by atoms with Crippen molar-refractivity contribution < 1.29 is 32.6 Å². The molecule has 1 atom stereocenters. The fraction of sp³-hybridized carbons (Fsp3) is 0.714. The molecule has 8 heteroatoms. The van der Waals surface area contributed by atoms with Gasteiger partial charge in [-0.15, -0.1) is 0 Å². The van der Waals surface area contributed by atoms with E-state index in [9.17, 15) is 22.8 Å². The fourth-order valence-corrected chi connectivity index (χ4v) is 1.36. The largest absolute Gasteiger partial charge is 0.481 e. The van der Waals surface area contributed by atoms with Crippen molar-refractivity contribution in [2.75, 3.05) is 12.9 Å². The third-order valence-electron chi connectivity index (χ3n) is 1.46. The van der Waals surface area contributed by atoms with Gasteiger partial charge in [0, 0.05) is 5.75 Å². The first-order valence-corrected chi connectivity index (χ1v) is 4.78. The average Bonchev–Trinajstić information content (AvgIpc) is 2.09. The number of aliphatic carboxylic acids is 1. The molecule has 0 amide bonds. The van der Waals surface area contributed by atoms with Crippen LogP contribution in [0.2, 0.25) is 0 Å². The van der Waals surface area contributed by atoms with E-state index in [2.05, 4.69) is 4.74 Å². The molecule has 0 spiro atoms. The highest BCUT2D eigenvalue weighted by Gasteiger charge is 2.31. The molecule has 0 aromatic rings. The summed E-state index contributed by atoms with van der Waals surface area (Å²) in [5.41, 5.74) is -4.42. The Bertz CT molecular complexity index is 241. The maximum atomic E-state index is 11.7. The number of carbonyl (C=O) groups is 2. The Labute approximate surface area is 87.8 Å². The van der Waals surface area contributed by atoms with E-state index in [1.165, 1.54) is 0 Å². The van der Waals surface area contributed by atoms with Gasteiger partial charge >= 0.3 is 17.4 Å². The molecule has 0 aromatic heterocycles. The van der Waals surface area contributed by atoms with Crippen LogP contribution in [0.15, 0.2) is 0 Å². The molecule has 0 bridgehead atoms. The van der Waals surface area contributed by atoms with Crippen LogP contribution in [-0.4, -0.2) is 35.4 Å². The van der Waals surface area contributed by atoms with Gasteiger partial charge in [-0.2, -0.15) is 13.2 Å². The normalized spacial score (nSPS) is 13.3. The molecule has 0 saturated carbocycles. The summed E-state index contributed by atoms with van der Waals surface area (Å²) in [5.74, 6) is -4.55. The number of methoxy groups -OCH3 is 1. The first-order valence-electron chi connectivity index (χ1n) is 3.79. The van der Waals surface area contributed by atoms with Gasteiger partial charge < -0.3 is 9.84 Å². The van der Waals surface area contributed by atoms with Crippen molar-refractivity contribution in [1.82, 2.24) is 0 Å². The summed E-state index contributed by atoms with van der Waals surface area (Å²) in [7, 11) is 0.981. The number of hydrogen-bond acceptors (Lipinski definition) is 4. The Hall–Kier alpha value is -0.920. The van der Waals surface area contributed by atoms with Crippen LogP contribution >= 0.6 is 11.8 Å². The van der Waals surface area contributed by atoms with E-state index in [0.717, 1.165) is 7.11 Å². The lowest BCUT2D eigenvalue weighted by molar-refractivity contribution is -0.156. The van der Waals surface area contributed by atoms with Crippen molar-refractivity contribution >= 4 is 23.7 Å². The first-order chi connectivity index (χ1) is 6.78. The van der Waals surface area contributed by atoms with Gasteiger partial charge in [0.2, 0.25) is 0 Å². The monoisotopic (exact) mass is 246 g/mol.